The molecule has 3 fully saturated rings. The van der Waals surface area contributed by atoms with Crippen LogP contribution in [-0.4, -0.2) is 90.2 Å². The molecule has 0 unspecified atom stereocenters. The summed E-state index contributed by atoms with van der Waals surface area (Å²) in [7, 11) is 2.19. The number of carbonyl (C=O) groups excluding carboxylic acids is 1. The van der Waals surface area contributed by atoms with E-state index < -0.39 is 0 Å². The highest BCUT2D eigenvalue weighted by Gasteiger charge is 2.45. The first kappa shape index (κ1) is 16.9. The number of rotatable bonds is 2. The van der Waals surface area contributed by atoms with Crippen molar-refractivity contribution < 1.29 is 9.53 Å². The number of piperazine rings is 1. The molecule has 0 bridgehead atoms. The van der Waals surface area contributed by atoms with Crippen molar-refractivity contribution in [3.05, 3.63) is 30.1 Å². The maximum Gasteiger partial charge on any atom is 0.272 e. The van der Waals surface area contributed by atoms with Gasteiger partial charge in [0.05, 0.1) is 12.2 Å². The van der Waals surface area contributed by atoms with Crippen molar-refractivity contribution in [1.82, 2.24) is 19.7 Å². The van der Waals surface area contributed by atoms with Crippen LogP contribution in [0.1, 0.15) is 29.8 Å². The van der Waals surface area contributed by atoms with Crippen LogP contribution in [0.3, 0.4) is 0 Å². The van der Waals surface area contributed by atoms with E-state index in [0.717, 1.165) is 65.1 Å². The van der Waals surface area contributed by atoms with E-state index in [0.29, 0.717) is 11.7 Å². The summed E-state index contributed by atoms with van der Waals surface area (Å²) in [5.41, 5.74) is 0.524. The lowest BCUT2D eigenvalue weighted by molar-refractivity contribution is -0.0396. The molecule has 1 spiro atoms. The maximum absolute atomic E-state index is 12.6. The highest BCUT2D eigenvalue weighted by atomic mass is 16.5. The Kier molecular flexibility index (Phi) is 4.75. The number of piperidine rings is 1. The van der Waals surface area contributed by atoms with E-state index in [2.05, 4.69) is 21.8 Å². The zero-order chi connectivity index (χ0) is 17.3. The van der Waals surface area contributed by atoms with Gasteiger partial charge in [-0.15, -0.1) is 0 Å². The summed E-state index contributed by atoms with van der Waals surface area (Å²) in [6.07, 6.45) is 4.67. The smallest absolute Gasteiger partial charge is 0.272 e. The van der Waals surface area contributed by atoms with Crippen molar-refractivity contribution in [1.29, 1.82) is 0 Å². The molecule has 0 saturated carbocycles. The van der Waals surface area contributed by atoms with E-state index >= 15 is 0 Å². The molecular formula is C19H28N4O2. The number of nitrogens with zero attached hydrogens (tertiary/aromatic N) is 4. The second kappa shape index (κ2) is 7.02. The Balaban J connectivity index is 1.32. The number of pyridine rings is 1. The number of likely N-dealkylation sites (N-methyl/N-ethyl adjacent to an activating group) is 1. The predicted octanol–water partition coefficient (Wildman–Crippen LogP) is 1.09. The Morgan fingerprint density at radius 2 is 1.92 bits per heavy atom. The van der Waals surface area contributed by atoms with E-state index in [9.17, 15) is 4.79 Å². The van der Waals surface area contributed by atoms with E-state index in [1.165, 1.54) is 0 Å². The standard InChI is InChI=1S/C19H28N4O2/c1-21-10-12-22(13-11-21)16-14-19(25-15-16)5-8-23(9-6-19)18(24)17-4-2-3-7-20-17/h2-4,7,16H,5-6,8-15H2,1H3/t16-/m0/s1. The number of likely N-dealkylation sites (tertiary alicyclic amines) is 1. The molecule has 1 aromatic rings. The van der Waals surface area contributed by atoms with E-state index in [4.69, 9.17) is 4.74 Å². The second-order valence-corrected chi connectivity index (χ2v) is 7.70. The van der Waals surface area contributed by atoms with Crippen LogP contribution in [0.25, 0.3) is 0 Å². The predicted molar refractivity (Wildman–Crippen MR) is 95.5 cm³/mol. The van der Waals surface area contributed by atoms with Gasteiger partial charge in [-0.25, -0.2) is 0 Å². The fourth-order valence-corrected chi connectivity index (χ4v) is 4.36. The van der Waals surface area contributed by atoms with Gasteiger partial charge < -0.3 is 14.5 Å². The van der Waals surface area contributed by atoms with Crippen LogP contribution in [-0.2, 0) is 4.74 Å². The summed E-state index contributed by atoms with van der Waals surface area (Å²) in [6, 6.07) is 6.05. The Bertz CT molecular complexity index is 593. The Morgan fingerprint density at radius 3 is 2.60 bits per heavy atom. The number of hydrogen-bond acceptors (Lipinski definition) is 5. The first-order valence-electron chi connectivity index (χ1n) is 9.42. The molecule has 1 aromatic heterocycles. The van der Waals surface area contributed by atoms with E-state index in [1.54, 1.807) is 12.3 Å². The highest BCUT2D eigenvalue weighted by Crippen LogP contribution is 2.38. The average molecular weight is 344 g/mol. The highest BCUT2D eigenvalue weighted by molar-refractivity contribution is 5.92. The zero-order valence-corrected chi connectivity index (χ0v) is 15.1. The van der Waals surface area contributed by atoms with Gasteiger partial charge in [0.25, 0.3) is 5.91 Å². The van der Waals surface area contributed by atoms with Crippen LogP contribution in [0.15, 0.2) is 24.4 Å². The molecule has 0 aliphatic carbocycles. The fourth-order valence-electron chi connectivity index (χ4n) is 4.36. The summed E-state index contributed by atoms with van der Waals surface area (Å²) in [4.78, 5) is 23.7. The van der Waals surface area contributed by atoms with Gasteiger partial charge in [-0.1, -0.05) is 6.07 Å². The fraction of sp³-hybridized carbons (Fsp3) is 0.684. The second-order valence-electron chi connectivity index (χ2n) is 7.70. The third-order valence-electron chi connectivity index (χ3n) is 6.09. The third kappa shape index (κ3) is 3.57. The molecule has 136 valence electrons. The molecule has 0 aromatic carbocycles. The van der Waals surface area contributed by atoms with Crippen LogP contribution in [0.2, 0.25) is 0 Å². The van der Waals surface area contributed by atoms with Crippen molar-refractivity contribution in [2.75, 3.05) is 52.9 Å². The molecule has 4 heterocycles. The average Bonchev–Trinajstić information content (AvgIpc) is 3.07. The van der Waals surface area contributed by atoms with Gasteiger partial charge >= 0.3 is 0 Å². The molecule has 6 nitrogen and oxygen atoms in total. The molecule has 3 saturated heterocycles. The minimum Gasteiger partial charge on any atom is -0.373 e. The molecule has 3 aliphatic rings. The molecule has 1 amide bonds. The van der Waals surface area contributed by atoms with Gasteiger partial charge in [0, 0.05) is 51.5 Å². The van der Waals surface area contributed by atoms with Gasteiger partial charge in [-0.05, 0) is 38.4 Å². The lowest BCUT2D eigenvalue weighted by atomic mass is 9.87. The molecule has 0 N–H and O–H groups in total. The Labute approximate surface area is 149 Å². The van der Waals surface area contributed by atoms with Crippen molar-refractivity contribution in [2.45, 2.75) is 30.9 Å². The maximum atomic E-state index is 12.6. The first-order chi connectivity index (χ1) is 12.2. The Hall–Kier alpha value is -1.50. The number of carbonyl (C=O) groups is 1. The topological polar surface area (TPSA) is 48.9 Å². The van der Waals surface area contributed by atoms with E-state index in [1.807, 2.05) is 17.0 Å². The number of amides is 1. The number of hydrogen-bond donors (Lipinski definition) is 0. The molecular weight excluding hydrogens is 316 g/mol. The van der Waals surface area contributed by atoms with Crippen LogP contribution >= 0.6 is 0 Å². The summed E-state index contributed by atoms with van der Waals surface area (Å²) in [5, 5.41) is 0. The SMILES string of the molecule is CN1CCN([C@@H]2COC3(CCN(C(=O)c4ccccn4)CC3)C2)CC1. The largest absolute Gasteiger partial charge is 0.373 e. The van der Waals surface area contributed by atoms with Crippen molar-refractivity contribution in [3.63, 3.8) is 0 Å². The summed E-state index contributed by atoms with van der Waals surface area (Å²) >= 11 is 0. The molecule has 0 radical (unpaired) electrons. The molecule has 4 rings (SSSR count). The number of ether oxygens (including phenoxy) is 1. The first-order valence-corrected chi connectivity index (χ1v) is 9.42. The van der Waals surface area contributed by atoms with Gasteiger partial charge in [-0.2, -0.15) is 0 Å². The number of aromatic nitrogens is 1. The minimum absolute atomic E-state index is 0.0189. The van der Waals surface area contributed by atoms with Crippen LogP contribution in [0, 0.1) is 0 Å². The van der Waals surface area contributed by atoms with Crippen LogP contribution < -0.4 is 0 Å². The summed E-state index contributed by atoms with van der Waals surface area (Å²) in [6.45, 7) is 6.97. The molecule has 25 heavy (non-hydrogen) atoms. The molecule has 1 atom stereocenters. The zero-order valence-electron chi connectivity index (χ0n) is 15.1. The lowest BCUT2D eigenvalue weighted by Gasteiger charge is -2.39. The monoisotopic (exact) mass is 344 g/mol. The summed E-state index contributed by atoms with van der Waals surface area (Å²) in [5.74, 6) is 0.0454. The van der Waals surface area contributed by atoms with E-state index in [-0.39, 0.29) is 11.5 Å². The van der Waals surface area contributed by atoms with Crippen molar-refractivity contribution in [2.24, 2.45) is 0 Å². The van der Waals surface area contributed by atoms with Gasteiger partial charge in [0.1, 0.15) is 5.69 Å². The van der Waals surface area contributed by atoms with Gasteiger partial charge in [-0.3, -0.25) is 14.7 Å². The van der Waals surface area contributed by atoms with Crippen LogP contribution in [0.4, 0.5) is 0 Å². The molecule has 6 heteroatoms. The van der Waals surface area contributed by atoms with Crippen molar-refractivity contribution >= 4 is 5.91 Å². The molecule has 3 aliphatic heterocycles. The lowest BCUT2D eigenvalue weighted by Crippen LogP contribution is -2.50. The van der Waals surface area contributed by atoms with Gasteiger partial charge in [0.15, 0.2) is 0 Å². The van der Waals surface area contributed by atoms with Gasteiger partial charge in [0.2, 0.25) is 0 Å². The third-order valence-corrected chi connectivity index (χ3v) is 6.09. The Morgan fingerprint density at radius 1 is 1.16 bits per heavy atom. The normalized spacial score (nSPS) is 27.7. The quantitative estimate of drug-likeness (QED) is 0.804. The van der Waals surface area contributed by atoms with Crippen LogP contribution in [0.5, 0.6) is 0 Å². The minimum atomic E-state index is -0.0189. The summed E-state index contributed by atoms with van der Waals surface area (Å²) < 4.78 is 6.30. The van der Waals surface area contributed by atoms with Crippen molar-refractivity contribution in [3.8, 4) is 0 Å².